The van der Waals surface area contributed by atoms with Gasteiger partial charge in [0, 0.05) is 24.7 Å². The van der Waals surface area contributed by atoms with Gasteiger partial charge in [0.25, 0.3) is 5.56 Å². The number of aromatic amines is 1. The summed E-state index contributed by atoms with van der Waals surface area (Å²) in [4.78, 5) is 20.5. The number of nitrogens with two attached hydrogens (primary N) is 1. The molecule has 0 unspecified atom stereocenters. The van der Waals surface area contributed by atoms with E-state index in [1.807, 2.05) is 0 Å². The average Bonchev–Trinajstić information content (AvgIpc) is 2.37. The lowest BCUT2D eigenvalue weighted by Gasteiger charge is -2.36. The lowest BCUT2D eigenvalue weighted by Crippen LogP contribution is -2.42. The first-order chi connectivity index (χ1) is 8.70. The molecule has 5 heteroatoms. The fourth-order valence-electron chi connectivity index (χ4n) is 2.65. The van der Waals surface area contributed by atoms with Crippen LogP contribution in [0.4, 0.5) is 5.82 Å². The average molecular weight is 250 g/mol. The first kappa shape index (κ1) is 13.1. The summed E-state index contributed by atoms with van der Waals surface area (Å²) >= 11 is 0. The third-order valence-electron chi connectivity index (χ3n) is 3.60. The van der Waals surface area contributed by atoms with Gasteiger partial charge in [-0.15, -0.1) is 0 Å². The highest BCUT2D eigenvalue weighted by molar-refractivity contribution is 5.38. The Morgan fingerprint density at radius 3 is 2.78 bits per heavy atom. The van der Waals surface area contributed by atoms with Crippen molar-refractivity contribution < 1.29 is 0 Å². The highest BCUT2D eigenvalue weighted by atomic mass is 16.1. The van der Waals surface area contributed by atoms with Crippen molar-refractivity contribution in [3.63, 3.8) is 0 Å². The molecule has 18 heavy (non-hydrogen) atoms. The molecular weight excluding hydrogens is 228 g/mol. The van der Waals surface area contributed by atoms with Crippen LogP contribution in [0.25, 0.3) is 0 Å². The van der Waals surface area contributed by atoms with E-state index < -0.39 is 0 Å². The third kappa shape index (κ3) is 3.10. The molecule has 5 nitrogen and oxygen atoms in total. The molecule has 1 heterocycles. The summed E-state index contributed by atoms with van der Waals surface area (Å²) in [6.45, 7) is 3.09. The van der Waals surface area contributed by atoms with Gasteiger partial charge in [-0.3, -0.25) is 4.79 Å². The molecule has 0 amide bonds. The van der Waals surface area contributed by atoms with Crippen molar-refractivity contribution in [2.45, 2.75) is 51.1 Å². The number of hydrogen-bond acceptors (Lipinski definition) is 4. The number of nitrogens with zero attached hydrogens (tertiary/aromatic N) is 2. The molecule has 2 rings (SSSR count). The SMILES string of the molecule is CCCN(c1cc(=O)[nH]cn1)C1CCC(N)CC1. The van der Waals surface area contributed by atoms with E-state index in [9.17, 15) is 4.79 Å². The minimum absolute atomic E-state index is 0.0892. The van der Waals surface area contributed by atoms with Crippen molar-refractivity contribution in [3.8, 4) is 0 Å². The second kappa shape index (κ2) is 6.00. The Bertz CT molecular complexity index is 423. The number of nitrogens with one attached hydrogen (secondary N) is 1. The molecule has 1 aliphatic rings. The van der Waals surface area contributed by atoms with Gasteiger partial charge in [0.05, 0.1) is 6.33 Å². The molecule has 0 aromatic carbocycles. The third-order valence-corrected chi connectivity index (χ3v) is 3.60. The van der Waals surface area contributed by atoms with Gasteiger partial charge in [-0.1, -0.05) is 6.92 Å². The molecule has 1 saturated carbocycles. The van der Waals surface area contributed by atoms with Crippen LogP contribution >= 0.6 is 0 Å². The molecule has 0 aliphatic heterocycles. The molecule has 0 spiro atoms. The summed E-state index contributed by atoms with van der Waals surface area (Å²) in [7, 11) is 0. The van der Waals surface area contributed by atoms with E-state index in [0.29, 0.717) is 12.1 Å². The van der Waals surface area contributed by atoms with Crippen molar-refractivity contribution >= 4 is 5.82 Å². The van der Waals surface area contributed by atoms with E-state index >= 15 is 0 Å². The predicted molar refractivity (Wildman–Crippen MR) is 72.7 cm³/mol. The largest absolute Gasteiger partial charge is 0.353 e. The first-order valence-corrected chi connectivity index (χ1v) is 6.77. The second-order valence-electron chi connectivity index (χ2n) is 5.03. The van der Waals surface area contributed by atoms with Crippen molar-refractivity contribution in [1.82, 2.24) is 9.97 Å². The van der Waals surface area contributed by atoms with Gasteiger partial charge in [-0.2, -0.15) is 0 Å². The maximum absolute atomic E-state index is 11.4. The smallest absolute Gasteiger partial charge is 0.252 e. The van der Waals surface area contributed by atoms with Gasteiger partial charge in [-0.05, 0) is 32.1 Å². The van der Waals surface area contributed by atoms with E-state index in [2.05, 4.69) is 21.8 Å². The van der Waals surface area contributed by atoms with Crippen molar-refractivity contribution in [2.75, 3.05) is 11.4 Å². The van der Waals surface area contributed by atoms with Gasteiger partial charge in [0.2, 0.25) is 0 Å². The minimum atomic E-state index is -0.0892. The fraction of sp³-hybridized carbons (Fsp3) is 0.692. The summed E-state index contributed by atoms with van der Waals surface area (Å²) < 4.78 is 0. The molecule has 0 bridgehead atoms. The zero-order valence-electron chi connectivity index (χ0n) is 10.9. The van der Waals surface area contributed by atoms with E-state index in [0.717, 1.165) is 44.5 Å². The quantitative estimate of drug-likeness (QED) is 0.843. The molecule has 1 fully saturated rings. The molecule has 3 N–H and O–H groups in total. The van der Waals surface area contributed by atoms with Gasteiger partial charge >= 0.3 is 0 Å². The number of H-pyrrole nitrogens is 1. The van der Waals surface area contributed by atoms with Crippen LogP contribution in [0.2, 0.25) is 0 Å². The molecule has 1 aliphatic carbocycles. The summed E-state index contributed by atoms with van der Waals surface area (Å²) in [5, 5.41) is 0. The van der Waals surface area contributed by atoms with Crippen molar-refractivity contribution in [1.29, 1.82) is 0 Å². The molecule has 1 aromatic heterocycles. The second-order valence-corrected chi connectivity index (χ2v) is 5.03. The van der Waals surface area contributed by atoms with E-state index in [-0.39, 0.29) is 5.56 Å². The maximum Gasteiger partial charge on any atom is 0.252 e. The summed E-state index contributed by atoms with van der Waals surface area (Å²) in [5.74, 6) is 0.793. The standard InChI is InChI=1S/C13H22N4O/c1-2-7-17(11-5-3-10(14)4-6-11)12-8-13(18)16-9-15-12/h8-11H,2-7,14H2,1H3,(H,15,16,18). The van der Waals surface area contributed by atoms with Gasteiger partial charge in [0.1, 0.15) is 5.82 Å². The summed E-state index contributed by atoms with van der Waals surface area (Å²) in [6, 6.07) is 2.40. The summed E-state index contributed by atoms with van der Waals surface area (Å²) in [6.07, 6.45) is 6.85. The predicted octanol–water partition coefficient (Wildman–Crippen LogP) is 1.26. The van der Waals surface area contributed by atoms with Gasteiger partial charge in [-0.25, -0.2) is 4.98 Å². The lowest BCUT2D eigenvalue weighted by molar-refractivity contribution is 0.374. The van der Waals surface area contributed by atoms with Crippen LogP contribution in [0.15, 0.2) is 17.2 Å². The Morgan fingerprint density at radius 1 is 1.44 bits per heavy atom. The Balaban J connectivity index is 2.15. The number of rotatable bonds is 4. The van der Waals surface area contributed by atoms with E-state index in [1.54, 1.807) is 6.07 Å². The molecule has 0 saturated heterocycles. The molecule has 100 valence electrons. The molecular formula is C13H22N4O. The zero-order chi connectivity index (χ0) is 13.0. The molecule has 0 atom stereocenters. The van der Waals surface area contributed by atoms with Crippen LogP contribution in [0.3, 0.4) is 0 Å². The highest BCUT2D eigenvalue weighted by Gasteiger charge is 2.24. The molecule has 1 aromatic rings. The topological polar surface area (TPSA) is 75.0 Å². The Hall–Kier alpha value is -1.36. The number of anilines is 1. The normalized spacial score (nSPS) is 23.9. The van der Waals surface area contributed by atoms with Crippen LogP contribution < -0.4 is 16.2 Å². The zero-order valence-corrected chi connectivity index (χ0v) is 10.9. The van der Waals surface area contributed by atoms with E-state index in [4.69, 9.17) is 5.73 Å². The highest BCUT2D eigenvalue weighted by Crippen LogP contribution is 2.25. The van der Waals surface area contributed by atoms with Crippen LogP contribution in [0.5, 0.6) is 0 Å². The van der Waals surface area contributed by atoms with Crippen LogP contribution in [0.1, 0.15) is 39.0 Å². The monoisotopic (exact) mass is 250 g/mol. The van der Waals surface area contributed by atoms with Crippen molar-refractivity contribution in [2.24, 2.45) is 5.73 Å². The van der Waals surface area contributed by atoms with E-state index in [1.165, 1.54) is 6.33 Å². The fourth-order valence-corrected chi connectivity index (χ4v) is 2.65. The molecule has 0 radical (unpaired) electrons. The summed E-state index contributed by atoms with van der Waals surface area (Å²) in [5.41, 5.74) is 5.86. The Morgan fingerprint density at radius 2 is 2.17 bits per heavy atom. The minimum Gasteiger partial charge on any atom is -0.353 e. The van der Waals surface area contributed by atoms with Gasteiger partial charge in [0.15, 0.2) is 0 Å². The van der Waals surface area contributed by atoms with Crippen LogP contribution in [-0.2, 0) is 0 Å². The van der Waals surface area contributed by atoms with Gasteiger partial charge < -0.3 is 15.6 Å². The number of aromatic nitrogens is 2. The number of hydrogen-bond donors (Lipinski definition) is 2. The Kier molecular flexibility index (Phi) is 4.36. The lowest BCUT2D eigenvalue weighted by atomic mass is 9.90. The maximum atomic E-state index is 11.4. The van der Waals surface area contributed by atoms with Crippen LogP contribution in [0, 0.1) is 0 Å². The first-order valence-electron chi connectivity index (χ1n) is 6.77. The van der Waals surface area contributed by atoms with Crippen molar-refractivity contribution in [3.05, 3.63) is 22.7 Å². The Labute approximate surface area is 107 Å². The van der Waals surface area contributed by atoms with Crippen LogP contribution in [-0.4, -0.2) is 28.6 Å².